The van der Waals surface area contributed by atoms with E-state index in [2.05, 4.69) is 4.98 Å². The van der Waals surface area contributed by atoms with Gasteiger partial charge in [0.05, 0.1) is 5.52 Å². The molecule has 0 saturated heterocycles. The van der Waals surface area contributed by atoms with E-state index in [4.69, 9.17) is 5.73 Å². The van der Waals surface area contributed by atoms with Crippen molar-refractivity contribution in [2.75, 3.05) is 0 Å². The first kappa shape index (κ1) is 12.7. The summed E-state index contributed by atoms with van der Waals surface area (Å²) >= 11 is 0. The third kappa shape index (κ3) is 3.14. The van der Waals surface area contributed by atoms with E-state index in [0.717, 1.165) is 23.7 Å². The van der Waals surface area contributed by atoms with Crippen LogP contribution in [0.1, 0.15) is 36.5 Å². The van der Waals surface area contributed by atoms with Gasteiger partial charge in [-0.05, 0) is 31.9 Å². The smallest absolute Gasteiger partial charge is 0.164 e. The summed E-state index contributed by atoms with van der Waals surface area (Å²) in [6.45, 7) is 1.96. The van der Waals surface area contributed by atoms with Gasteiger partial charge in [-0.3, -0.25) is 9.78 Å². The number of aromatic nitrogens is 1. The molecule has 2 rings (SSSR count). The van der Waals surface area contributed by atoms with Crippen LogP contribution in [0.4, 0.5) is 0 Å². The van der Waals surface area contributed by atoms with Crippen LogP contribution in [0.25, 0.3) is 10.9 Å². The minimum Gasteiger partial charge on any atom is -0.328 e. The normalized spacial score (nSPS) is 12.6. The molecular formula is C15H18N2O. The van der Waals surface area contributed by atoms with Gasteiger partial charge in [0.25, 0.3) is 0 Å². The molecule has 0 saturated carbocycles. The number of nitrogens with zero attached hydrogens (tertiary/aromatic N) is 1. The monoisotopic (exact) mass is 242 g/mol. The van der Waals surface area contributed by atoms with Crippen LogP contribution in [0, 0.1) is 0 Å². The number of carbonyl (C=O) groups is 1. The van der Waals surface area contributed by atoms with Gasteiger partial charge in [-0.25, -0.2) is 0 Å². The number of carbonyl (C=O) groups excluding carboxylic acids is 1. The summed E-state index contributed by atoms with van der Waals surface area (Å²) < 4.78 is 0. The highest BCUT2D eigenvalue weighted by atomic mass is 16.1. The zero-order chi connectivity index (χ0) is 13.0. The number of para-hydroxylation sites is 1. The van der Waals surface area contributed by atoms with Crippen LogP contribution < -0.4 is 5.73 Å². The van der Waals surface area contributed by atoms with Crippen molar-refractivity contribution in [3.63, 3.8) is 0 Å². The quantitative estimate of drug-likeness (QED) is 0.820. The first-order valence-electron chi connectivity index (χ1n) is 6.30. The predicted octanol–water partition coefficient (Wildman–Crippen LogP) is 2.94. The number of hydrogen-bond acceptors (Lipinski definition) is 3. The molecule has 0 radical (unpaired) electrons. The fraction of sp³-hybridized carbons (Fsp3) is 0.333. The van der Waals surface area contributed by atoms with E-state index in [1.54, 1.807) is 6.20 Å². The van der Waals surface area contributed by atoms with Gasteiger partial charge in [-0.2, -0.15) is 0 Å². The molecule has 2 N–H and O–H groups in total. The van der Waals surface area contributed by atoms with Crippen molar-refractivity contribution >= 4 is 16.7 Å². The average molecular weight is 242 g/mol. The summed E-state index contributed by atoms with van der Waals surface area (Å²) in [5.41, 5.74) is 7.28. The summed E-state index contributed by atoms with van der Waals surface area (Å²) in [6, 6.07) is 9.89. The van der Waals surface area contributed by atoms with Gasteiger partial charge in [-0.15, -0.1) is 0 Å². The third-order valence-electron chi connectivity index (χ3n) is 2.98. The molecule has 0 amide bonds. The maximum atomic E-state index is 12.0. The van der Waals surface area contributed by atoms with Gasteiger partial charge in [0.1, 0.15) is 0 Å². The molecule has 1 atom stereocenters. The molecule has 3 nitrogen and oxygen atoms in total. The van der Waals surface area contributed by atoms with Gasteiger partial charge < -0.3 is 5.73 Å². The summed E-state index contributed by atoms with van der Waals surface area (Å²) in [5, 5.41) is 1.01. The molecule has 1 aromatic heterocycles. The summed E-state index contributed by atoms with van der Waals surface area (Å²) in [4.78, 5) is 16.3. The Hall–Kier alpha value is -1.74. The molecule has 18 heavy (non-hydrogen) atoms. The van der Waals surface area contributed by atoms with Crippen LogP contribution in [0.5, 0.6) is 0 Å². The Bertz CT molecular complexity index is 549. The van der Waals surface area contributed by atoms with Crippen molar-refractivity contribution in [3.8, 4) is 0 Å². The third-order valence-corrected chi connectivity index (χ3v) is 2.98. The number of hydrogen-bond donors (Lipinski definition) is 1. The Labute approximate surface area is 107 Å². The largest absolute Gasteiger partial charge is 0.328 e. The van der Waals surface area contributed by atoms with Crippen molar-refractivity contribution in [1.82, 2.24) is 4.98 Å². The van der Waals surface area contributed by atoms with Crippen molar-refractivity contribution in [2.24, 2.45) is 5.73 Å². The molecule has 0 aliphatic rings. The van der Waals surface area contributed by atoms with E-state index in [9.17, 15) is 4.79 Å². The zero-order valence-corrected chi connectivity index (χ0v) is 10.6. The highest BCUT2D eigenvalue weighted by molar-refractivity contribution is 5.98. The van der Waals surface area contributed by atoms with Crippen molar-refractivity contribution in [3.05, 3.63) is 42.1 Å². The predicted molar refractivity (Wildman–Crippen MR) is 73.6 cm³/mol. The Balaban J connectivity index is 2.08. The number of fused-ring (bicyclic) bond motifs is 1. The molecular weight excluding hydrogens is 224 g/mol. The van der Waals surface area contributed by atoms with Gasteiger partial charge in [0, 0.05) is 29.6 Å². The highest BCUT2D eigenvalue weighted by Crippen LogP contribution is 2.14. The first-order valence-corrected chi connectivity index (χ1v) is 6.30. The Morgan fingerprint density at radius 3 is 2.94 bits per heavy atom. The number of Topliss-reactive ketones (excluding diaryl/α,β-unsaturated/α-hetero) is 1. The minimum absolute atomic E-state index is 0.147. The van der Waals surface area contributed by atoms with Gasteiger partial charge >= 0.3 is 0 Å². The average Bonchev–Trinajstić information content (AvgIpc) is 2.37. The molecule has 1 heterocycles. The molecule has 1 unspecified atom stereocenters. The van der Waals surface area contributed by atoms with E-state index in [-0.39, 0.29) is 11.8 Å². The van der Waals surface area contributed by atoms with Crippen LogP contribution in [-0.4, -0.2) is 16.8 Å². The van der Waals surface area contributed by atoms with E-state index in [1.165, 1.54) is 0 Å². The summed E-state index contributed by atoms with van der Waals surface area (Å²) in [5.74, 6) is 0.147. The lowest BCUT2D eigenvalue weighted by Crippen LogP contribution is -2.14. The lowest BCUT2D eigenvalue weighted by molar-refractivity contribution is 0.0979. The topological polar surface area (TPSA) is 56.0 Å². The van der Waals surface area contributed by atoms with E-state index >= 15 is 0 Å². The van der Waals surface area contributed by atoms with E-state index in [1.807, 2.05) is 37.3 Å². The molecule has 3 heteroatoms. The lowest BCUT2D eigenvalue weighted by Gasteiger charge is -2.05. The molecule has 94 valence electrons. The van der Waals surface area contributed by atoms with Crippen molar-refractivity contribution < 1.29 is 4.79 Å². The summed E-state index contributed by atoms with van der Waals surface area (Å²) in [6.07, 6.45) is 3.92. The molecule has 1 aromatic carbocycles. The standard InChI is InChI=1S/C15H18N2O/c1-11(16)5-4-8-15(18)13-9-12-6-2-3-7-14(12)17-10-13/h2-3,6-7,9-11H,4-5,8,16H2,1H3. The van der Waals surface area contributed by atoms with Gasteiger partial charge in [0.2, 0.25) is 0 Å². The molecule has 0 fully saturated rings. The SMILES string of the molecule is CC(N)CCCC(=O)c1cnc2ccccc2c1. The molecule has 0 aliphatic heterocycles. The zero-order valence-electron chi connectivity index (χ0n) is 10.6. The molecule has 0 bridgehead atoms. The van der Waals surface area contributed by atoms with Crippen molar-refractivity contribution in [1.29, 1.82) is 0 Å². The maximum absolute atomic E-state index is 12.0. The highest BCUT2D eigenvalue weighted by Gasteiger charge is 2.07. The van der Waals surface area contributed by atoms with Gasteiger partial charge in [0.15, 0.2) is 5.78 Å². The van der Waals surface area contributed by atoms with Crippen LogP contribution in [-0.2, 0) is 0 Å². The second-order valence-electron chi connectivity index (χ2n) is 4.71. The van der Waals surface area contributed by atoms with Crippen LogP contribution in [0.15, 0.2) is 36.5 Å². The summed E-state index contributed by atoms with van der Waals surface area (Å²) in [7, 11) is 0. The van der Waals surface area contributed by atoms with Gasteiger partial charge in [-0.1, -0.05) is 18.2 Å². The lowest BCUT2D eigenvalue weighted by atomic mass is 10.0. The number of nitrogens with two attached hydrogens (primary N) is 1. The Kier molecular flexibility index (Phi) is 4.05. The molecule has 0 spiro atoms. The minimum atomic E-state index is 0.147. The van der Waals surface area contributed by atoms with Crippen LogP contribution >= 0.6 is 0 Å². The fourth-order valence-corrected chi connectivity index (χ4v) is 1.95. The van der Waals surface area contributed by atoms with Crippen molar-refractivity contribution in [2.45, 2.75) is 32.2 Å². The molecule has 2 aromatic rings. The maximum Gasteiger partial charge on any atom is 0.164 e. The van der Waals surface area contributed by atoms with Crippen LogP contribution in [0.2, 0.25) is 0 Å². The fourth-order valence-electron chi connectivity index (χ4n) is 1.95. The van der Waals surface area contributed by atoms with Crippen LogP contribution in [0.3, 0.4) is 0 Å². The number of benzene rings is 1. The Morgan fingerprint density at radius 2 is 2.17 bits per heavy atom. The van der Waals surface area contributed by atoms with E-state index < -0.39 is 0 Å². The Morgan fingerprint density at radius 1 is 1.39 bits per heavy atom. The first-order chi connectivity index (χ1) is 8.66. The number of ketones is 1. The number of pyridine rings is 1. The number of rotatable bonds is 5. The molecule has 0 aliphatic carbocycles. The second kappa shape index (κ2) is 5.74. The van der Waals surface area contributed by atoms with E-state index in [0.29, 0.717) is 12.0 Å². The second-order valence-corrected chi connectivity index (χ2v) is 4.71.